The molecular weight excluding hydrogens is 112 g/mol. The molecule has 0 unspecified atom stereocenters. The fraction of sp³-hybridized carbons (Fsp3) is 0.500. The Bertz CT molecular complexity index is 82.1. The summed E-state index contributed by atoms with van der Waals surface area (Å²) in [5.41, 5.74) is 0. The first-order valence-electron chi connectivity index (χ1n) is 1.78. The zero-order valence-corrected chi connectivity index (χ0v) is 4.42. The van der Waals surface area contributed by atoms with E-state index in [1.165, 1.54) is 7.05 Å². The molecule has 0 amide bonds. The second-order valence-corrected chi connectivity index (χ2v) is 1.04. The van der Waals surface area contributed by atoms with Gasteiger partial charge < -0.3 is 9.68 Å². The van der Waals surface area contributed by atoms with Gasteiger partial charge in [0.2, 0.25) is 0 Å². The molecule has 0 aliphatic heterocycles. The van der Waals surface area contributed by atoms with Crippen molar-refractivity contribution in [2.45, 2.75) is 0 Å². The average molecular weight is 120 g/mol. The molecule has 48 valence electrons. The first kappa shape index (κ1) is 7.15. The monoisotopic (exact) mass is 120 g/mol. The normalized spacial score (nSPS) is 9.00. The number of nitrogens with one attached hydrogen (secondary N) is 1. The number of hydroxylamine groups is 1. The minimum Gasteiger partial charge on any atom is -0.357 e. The quantitative estimate of drug-likeness (QED) is 0.170. The second-order valence-electron chi connectivity index (χ2n) is 1.04. The third-order valence-electron chi connectivity index (χ3n) is 0.334. The van der Waals surface area contributed by atoms with Crippen molar-refractivity contribution < 1.29 is 9.68 Å². The first-order chi connectivity index (χ1) is 3.66. The number of hydrazine groups is 1. The largest absolute Gasteiger partial charge is 0.420 e. The fourth-order valence-electron chi connectivity index (χ4n) is 0.152. The van der Waals surface area contributed by atoms with Crippen molar-refractivity contribution >= 4 is 6.08 Å². The molecule has 6 heteroatoms. The summed E-state index contributed by atoms with van der Waals surface area (Å²) in [5, 5.41) is 7.38. The molecule has 0 bridgehead atoms. The van der Waals surface area contributed by atoms with Gasteiger partial charge in [0.25, 0.3) is 0 Å². The Morgan fingerprint density at radius 3 is 2.38 bits per heavy atom. The molecule has 0 aliphatic rings. The standard InChI is InChI=1S/C2H8N4O2/c1-6(4)8-2(3)7-5/h3H,4-5H2,1H3. The highest BCUT2D eigenvalue weighted by molar-refractivity contribution is 5.61. The maximum absolute atomic E-state index is 6.58. The highest BCUT2D eigenvalue weighted by Gasteiger charge is 1.95. The molecule has 0 saturated heterocycles. The van der Waals surface area contributed by atoms with Crippen LogP contribution in [0.3, 0.4) is 0 Å². The summed E-state index contributed by atoms with van der Waals surface area (Å²) < 4.78 is 0. The summed E-state index contributed by atoms with van der Waals surface area (Å²) in [4.78, 5) is 8.05. The van der Waals surface area contributed by atoms with Crippen molar-refractivity contribution in [1.82, 2.24) is 5.17 Å². The summed E-state index contributed by atoms with van der Waals surface area (Å²) >= 11 is 0. The van der Waals surface area contributed by atoms with E-state index in [4.69, 9.17) is 11.3 Å². The van der Waals surface area contributed by atoms with Crippen LogP contribution >= 0.6 is 0 Å². The van der Waals surface area contributed by atoms with Crippen LogP contribution in [0.5, 0.6) is 0 Å². The van der Waals surface area contributed by atoms with Gasteiger partial charge in [0.05, 0.1) is 0 Å². The maximum Gasteiger partial charge on any atom is 0.420 e. The molecule has 0 saturated carbocycles. The Morgan fingerprint density at radius 2 is 2.25 bits per heavy atom. The van der Waals surface area contributed by atoms with Gasteiger partial charge in [0.1, 0.15) is 0 Å². The van der Waals surface area contributed by atoms with Crippen molar-refractivity contribution in [3.63, 3.8) is 0 Å². The lowest BCUT2D eigenvalue weighted by atomic mass is 11.3. The van der Waals surface area contributed by atoms with Gasteiger partial charge in [0, 0.05) is 7.05 Å². The Hall–Kier alpha value is -0.850. The van der Waals surface area contributed by atoms with Gasteiger partial charge in [-0.05, 0) is 0 Å². The first-order valence-corrected chi connectivity index (χ1v) is 1.78. The molecule has 0 aromatic rings. The average Bonchev–Trinajstić information content (AvgIpc) is 1.65. The smallest absolute Gasteiger partial charge is 0.357 e. The van der Waals surface area contributed by atoms with Crippen LogP contribution in [-0.2, 0) is 9.68 Å². The van der Waals surface area contributed by atoms with E-state index in [-0.39, 0.29) is 0 Å². The van der Waals surface area contributed by atoms with E-state index in [0.717, 1.165) is 5.17 Å². The van der Waals surface area contributed by atoms with E-state index in [1.807, 2.05) is 0 Å². The highest BCUT2D eigenvalue weighted by Crippen LogP contribution is 1.75. The van der Waals surface area contributed by atoms with Crippen LogP contribution < -0.4 is 11.7 Å². The fourth-order valence-corrected chi connectivity index (χ4v) is 0.152. The van der Waals surface area contributed by atoms with Crippen LogP contribution in [0, 0.1) is 5.41 Å². The number of nitrogens with two attached hydrogens (primary N) is 2. The van der Waals surface area contributed by atoms with Crippen molar-refractivity contribution in [2.75, 3.05) is 7.05 Å². The summed E-state index contributed by atoms with van der Waals surface area (Å²) in [6.07, 6.45) is -0.546. The van der Waals surface area contributed by atoms with E-state index >= 15 is 0 Å². The SMILES string of the molecule is CN(N)OC(=N)ON. The second kappa shape index (κ2) is 3.19. The molecule has 0 spiro atoms. The van der Waals surface area contributed by atoms with Gasteiger partial charge in [-0.2, -0.15) is 5.90 Å². The third-order valence-corrected chi connectivity index (χ3v) is 0.334. The highest BCUT2D eigenvalue weighted by atomic mass is 16.8. The Kier molecular flexibility index (Phi) is 2.85. The minimum atomic E-state index is -0.546. The molecule has 0 radical (unpaired) electrons. The minimum absolute atomic E-state index is 0.546. The van der Waals surface area contributed by atoms with Crippen molar-refractivity contribution in [3.8, 4) is 0 Å². The zero-order valence-electron chi connectivity index (χ0n) is 4.42. The van der Waals surface area contributed by atoms with Crippen LogP contribution in [0.1, 0.15) is 0 Å². The number of hydrogen-bond acceptors (Lipinski definition) is 6. The predicted molar refractivity (Wildman–Crippen MR) is 26.0 cm³/mol. The van der Waals surface area contributed by atoms with Gasteiger partial charge in [0.15, 0.2) is 0 Å². The Morgan fingerprint density at radius 1 is 1.75 bits per heavy atom. The van der Waals surface area contributed by atoms with Crippen LogP contribution in [0.25, 0.3) is 0 Å². The van der Waals surface area contributed by atoms with Crippen LogP contribution in [-0.4, -0.2) is 18.3 Å². The number of hydrogen-bond donors (Lipinski definition) is 3. The summed E-state index contributed by atoms with van der Waals surface area (Å²) in [6.45, 7) is 0. The van der Waals surface area contributed by atoms with Crippen molar-refractivity contribution in [3.05, 3.63) is 0 Å². The molecule has 0 fully saturated rings. The van der Waals surface area contributed by atoms with E-state index in [0.29, 0.717) is 0 Å². The molecule has 6 nitrogen and oxygen atoms in total. The lowest BCUT2D eigenvalue weighted by Gasteiger charge is -2.07. The van der Waals surface area contributed by atoms with Crippen molar-refractivity contribution in [2.24, 2.45) is 11.7 Å². The zero-order chi connectivity index (χ0) is 6.57. The van der Waals surface area contributed by atoms with E-state index in [2.05, 4.69) is 15.6 Å². The molecule has 8 heavy (non-hydrogen) atoms. The van der Waals surface area contributed by atoms with Gasteiger partial charge in [-0.3, -0.25) is 0 Å². The van der Waals surface area contributed by atoms with Gasteiger partial charge >= 0.3 is 6.08 Å². The summed E-state index contributed by atoms with van der Waals surface area (Å²) in [6, 6.07) is 0. The van der Waals surface area contributed by atoms with E-state index < -0.39 is 6.08 Å². The molecule has 0 atom stereocenters. The number of nitrogens with zero attached hydrogens (tertiary/aromatic N) is 1. The molecular formula is C2H8N4O2. The van der Waals surface area contributed by atoms with Crippen LogP contribution in [0.15, 0.2) is 0 Å². The topological polar surface area (TPSA) is 97.6 Å². The van der Waals surface area contributed by atoms with Gasteiger partial charge in [-0.15, -0.1) is 0 Å². The molecule has 0 aromatic carbocycles. The van der Waals surface area contributed by atoms with Crippen LogP contribution in [0.2, 0.25) is 0 Å². The van der Waals surface area contributed by atoms with Crippen molar-refractivity contribution in [1.29, 1.82) is 5.41 Å². The maximum atomic E-state index is 6.58. The molecule has 0 heterocycles. The van der Waals surface area contributed by atoms with E-state index in [1.54, 1.807) is 0 Å². The third kappa shape index (κ3) is 3.34. The van der Waals surface area contributed by atoms with Gasteiger partial charge in [-0.1, -0.05) is 5.17 Å². The molecule has 0 aromatic heterocycles. The number of rotatable bonds is 1. The Balaban J connectivity index is 3.25. The van der Waals surface area contributed by atoms with Crippen LogP contribution in [0.4, 0.5) is 0 Å². The predicted octanol–water partition coefficient (Wildman–Crippen LogP) is -1.45. The molecule has 5 N–H and O–H groups in total. The molecule has 0 rings (SSSR count). The van der Waals surface area contributed by atoms with E-state index in [9.17, 15) is 0 Å². The summed E-state index contributed by atoms with van der Waals surface area (Å²) in [5.74, 6) is 9.39. The summed E-state index contributed by atoms with van der Waals surface area (Å²) in [7, 11) is 1.40. The van der Waals surface area contributed by atoms with Gasteiger partial charge in [-0.25, -0.2) is 11.3 Å². The Labute approximate surface area is 46.3 Å². The lowest BCUT2D eigenvalue weighted by Crippen LogP contribution is -2.31. The lowest BCUT2D eigenvalue weighted by molar-refractivity contribution is -0.0798. The molecule has 0 aliphatic carbocycles.